The Morgan fingerprint density at radius 2 is 2.20 bits per heavy atom. The molecule has 7 heteroatoms. The molecule has 0 spiro atoms. The van der Waals surface area contributed by atoms with E-state index >= 15 is 0 Å². The van der Waals surface area contributed by atoms with Crippen molar-refractivity contribution in [2.24, 2.45) is 5.92 Å². The maximum absolute atomic E-state index is 13.8. The van der Waals surface area contributed by atoms with Gasteiger partial charge < -0.3 is 15.3 Å². The molecule has 2 N–H and O–H groups in total. The number of rotatable bonds is 6. The van der Waals surface area contributed by atoms with Crippen molar-refractivity contribution in [3.63, 3.8) is 0 Å². The molecule has 0 amide bonds. The summed E-state index contributed by atoms with van der Waals surface area (Å²) in [5.41, 5.74) is 0.665. The van der Waals surface area contributed by atoms with Crippen LogP contribution in [0.15, 0.2) is 35.1 Å². The van der Waals surface area contributed by atoms with Crippen LogP contribution in [0.25, 0.3) is 0 Å². The molecule has 2 aromatic rings. The molecule has 5 nitrogen and oxygen atoms in total. The molecule has 1 aliphatic rings. The Kier molecular flexibility index (Phi) is 6.20. The fourth-order valence-corrected chi connectivity index (χ4v) is 3.51. The smallest absolute Gasteiger partial charge is 0.134 e. The Labute approximate surface area is 155 Å². The predicted molar refractivity (Wildman–Crippen MR) is 100 cm³/mol. The molecule has 1 unspecified atom stereocenters. The summed E-state index contributed by atoms with van der Waals surface area (Å²) in [5, 5.41) is 12.6. The minimum absolute atomic E-state index is 0.197. The highest BCUT2D eigenvalue weighted by Crippen LogP contribution is 2.22. The first-order valence-corrected chi connectivity index (χ1v) is 9.30. The average molecular weight is 409 g/mol. The number of hydrogen-bond donors (Lipinski definition) is 2. The van der Waals surface area contributed by atoms with Gasteiger partial charge in [0.05, 0.1) is 0 Å². The van der Waals surface area contributed by atoms with Gasteiger partial charge in [0.15, 0.2) is 0 Å². The molecule has 3 rings (SSSR count). The van der Waals surface area contributed by atoms with Gasteiger partial charge in [0.2, 0.25) is 0 Å². The molecule has 1 saturated heterocycles. The molecule has 1 aromatic heterocycles. The van der Waals surface area contributed by atoms with E-state index in [2.05, 4.69) is 36.1 Å². The molecule has 0 saturated carbocycles. The number of anilines is 2. The third-order valence-corrected chi connectivity index (χ3v) is 4.96. The van der Waals surface area contributed by atoms with Gasteiger partial charge in [-0.15, -0.1) is 0 Å². The number of benzene rings is 1. The molecule has 2 heterocycles. The average Bonchev–Trinajstić information content (AvgIpc) is 2.65. The van der Waals surface area contributed by atoms with Gasteiger partial charge in [-0.25, -0.2) is 14.4 Å². The van der Waals surface area contributed by atoms with Gasteiger partial charge >= 0.3 is 0 Å². The van der Waals surface area contributed by atoms with Crippen molar-refractivity contribution < 1.29 is 9.50 Å². The summed E-state index contributed by atoms with van der Waals surface area (Å²) in [5.74, 6) is 1.70. The summed E-state index contributed by atoms with van der Waals surface area (Å²) in [6.45, 7) is 2.56. The summed E-state index contributed by atoms with van der Waals surface area (Å²) >= 11 is 3.37. The lowest BCUT2D eigenvalue weighted by atomic mass is 9.99. The van der Waals surface area contributed by atoms with E-state index < -0.39 is 0 Å². The van der Waals surface area contributed by atoms with E-state index in [1.165, 1.54) is 6.07 Å². The number of aliphatic hydroxyl groups excluding tert-OH is 1. The van der Waals surface area contributed by atoms with Crippen LogP contribution in [-0.2, 0) is 6.42 Å². The van der Waals surface area contributed by atoms with Gasteiger partial charge in [-0.05, 0) is 48.9 Å². The molecule has 1 fully saturated rings. The van der Waals surface area contributed by atoms with Crippen LogP contribution < -0.4 is 10.2 Å². The van der Waals surface area contributed by atoms with E-state index in [-0.39, 0.29) is 12.4 Å². The van der Waals surface area contributed by atoms with Crippen LogP contribution in [0.1, 0.15) is 18.4 Å². The second-order valence-corrected chi connectivity index (χ2v) is 7.23. The van der Waals surface area contributed by atoms with Crippen LogP contribution in [0.5, 0.6) is 0 Å². The Bertz CT molecular complexity index is 715. The van der Waals surface area contributed by atoms with E-state index in [1.54, 1.807) is 18.5 Å². The minimum Gasteiger partial charge on any atom is -0.396 e. The third-order valence-electron chi connectivity index (χ3n) is 4.46. The number of aliphatic hydroxyl groups is 1. The molecule has 0 aliphatic carbocycles. The zero-order chi connectivity index (χ0) is 17.6. The first-order chi connectivity index (χ1) is 12.2. The number of halogens is 2. The van der Waals surface area contributed by atoms with Crippen molar-refractivity contribution in [2.75, 3.05) is 36.5 Å². The quantitative estimate of drug-likeness (QED) is 0.767. The van der Waals surface area contributed by atoms with Crippen molar-refractivity contribution in [1.82, 2.24) is 9.97 Å². The molecule has 0 radical (unpaired) electrons. The molecule has 134 valence electrons. The Morgan fingerprint density at radius 3 is 3.04 bits per heavy atom. The van der Waals surface area contributed by atoms with Gasteiger partial charge in [-0.3, -0.25) is 0 Å². The highest BCUT2D eigenvalue weighted by Gasteiger charge is 2.20. The largest absolute Gasteiger partial charge is 0.396 e. The lowest BCUT2D eigenvalue weighted by Gasteiger charge is -2.32. The van der Waals surface area contributed by atoms with Crippen molar-refractivity contribution >= 4 is 27.6 Å². The Morgan fingerprint density at radius 1 is 1.32 bits per heavy atom. The lowest BCUT2D eigenvalue weighted by molar-refractivity contribution is 0.208. The molecule has 1 atom stereocenters. The first-order valence-electron chi connectivity index (χ1n) is 8.51. The van der Waals surface area contributed by atoms with Crippen molar-refractivity contribution in [1.29, 1.82) is 0 Å². The first kappa shape index (κ1) is 18.1. The van der Waals surface area contributed by atoms with Crippen LogP contribution in [0.4, 0.5) is 16.0 Å². The van der Waals surface area contributed by atoms with Crippen LogP contribution in [0, 0.1) is 11.7 Å². The van der Waals surface area contributed by atoms with Gasteiger partial charge in [0.1, 0.15) is 23.8 Å². The Balaban J connectivity index is 1.59. The van der Waals surface area contributed by atoms with Crippen LogP contribution in [0.3, 0.4) is 0 Å². The number of hydrogen-bond acceptors (Lipinski definition) is 5. The van der Waals surface area contributed by atoms with Gasteiger partial charge in [-0.2, -0.15) is 0 Å². The van der Waals surface area contributed by atoms with E-state index in [0.717, 1.165) is 42.0 Å². The van der Waals surface area contributed by atoms with Crippen molar-refractivity contribution in [3.8, 4) is 0 Å². The summed E-state index contributed by atoms with van der Waals surface area (Å²) in [4.78, 5) is 10.8. The maximum atomic E-state index is 13.8. The Hall–Kier alpha value is -1.73. The number of nitrogens with zero attached hydrogens (tertiary/aromatic N) is 3. The fraction of sp³-hybridized carbons (Fsp3) is 0.444. The second-order valence-electron chi connectivity index (χ2n) is 6.31. The van der Waals surface area contributed by atoms with Crippen LogP contribution in [-0.4, -0.2) is 41.3 Å². The maximum Gasteiger partial charge on any atom is 0.134 e. The van der Waals surface area contributed by atoms with Gasteiger partial charge in [-0.1, -0.05) is 15.9 Å². The molecule has 25 heavy (non-hydrogen) atoms. The minimum atomic E-state index is -0.197. The highest BCUT2D eigenvalue weighted by molar-refractivity contribution is 9.10. The highest BCUT2D eigenvalue weighted by atomic mass is 79.9. The van der Waals surface area contributed by atoms with Gasteiger partial charge in [0.25, 0.3) is 0 Å². The number of nitrogens with one attached hydrogen (secondary N) is 1. The third kappa shape index (κ3) is 4.89. The van der Waals surface area contributed by atoms with E-state index in [0.29, 0.717) is 24.4 Å². The monoisotopic (exact) mass is 408 g/mol. The standard InChI is InChI=1S/C18H22BrFN4O/c19-15-3-4-16(20)14(8-15)5-6-21-17-9-18(23-12-22-17)24-7-1-2-13(10-24)11-25/h3-4,8-9,12-13,25H,1-2,5-7,10-11H2,(H,21,22,23). The van der Waals surface area contributed by atoms with E-state index in [4.69, 9.17) is 0 Å². The predicted octanol–water partition coefficient (Wildman–Crippen LogP) is 3.24. The van der Waals surface area contributed by atoms with Gasteiger partial charge in [0, 0.05) is 36.8 Å². The molecular formula is C18H22BrFN4O. The molecule has 1 aromatic carbocycles. The van der Waals surface area contributed by atoms with Crippen molar-refractivity contribution in [3.05, 3.63) is 46.4 Å². The lowest BCUT2D eigenvalue weighted by Crippen LogP contribution is -2.37. The fourth-order valence-electron chi connectivity index (χ4n) is 3.10. The number of aromatic nitrogens is 2. The summed E-state index contributed by atoms with van der Waals surface area (Å²) in [6.07, 6.45) is 4.22. The van der Waals surface area contributed by atoms with Crippen molar-refractivity contribution in [2.45, 2.75) is 19.3 Å². The topological polar surface area (TPSA) is 61.3 Å². The summed E-state index contributed by atoms with van der Waals surface area (Å²) in [6, 6.07) is 6.87. The van der Waals surface area contributed by atoms with Crippen LogP contribution >= 0.6 is 15.9 Å². The molecular weight excluding hydrogens is 387 g/mol. The normalized spacial score (nSPS) is 17.6. The SMILES string of the molecule is OCC1CCCN(c2cc(NCCc3cc(Br)ccc3F)ncn2)C1. The molecule has 0 bridgehead atoms. The zero-order valence-corrected chi connectivity index (χ0v) is 15.5. The summed E-state index contributed by atoms with van der Waals surface area (Å²) < 4.78 is 14.6. The van der Waals surface area contributed by atoms with Crippen LogP contribution in [0.2, 0.25) is 0 Å². The zero-order valence-electron chi connectivity index (χ0n) is 14.0. The molecule has 1 aliphatic heterocycles. The second kappa shape index (κ2) is 8.58. The summed E-state index contributed by atoms with van der Waals surface area (Å²) in [7, 11) is 0. The van der Waals surface area contributed by atoms with E-state index in [1.807, 2.05) is 6.07 Å². The number of piperidine rings is 1. The van der Waals surface area contributed by atoms with E-state index in [9.17, 15) is 9.50 Å².